The van der Waals surface area contributed by atoms with Gasteiger partial charge in [0.25, 0.3) is 0 Å². The summed E-state index contributed by atoms with van der Waals surface area (Å²) in [7, 11) is 0. The van der Waals surface area contributed by atoms with E-state index in [1.807, 2.05) is 0 Å². The second-order valence-corrected chi connectivity index (χ2v) is 9.10. The van der Waals surface area contributed by atoms with Gasteiger partial charge in [0.15, 0.2) is 5.79 Å². The lowest BCUT2D eigenvalue weighted by molar-refractivity contribution is -0.197. The Morgan fingerprint density at radius 1 is 0.960 bits per heavy atom. The Balaban J connectivity index is 1.77. The Morgan fingerprint density at radius 2 is 1.60 bits per heavy atom. The Morgan fingerprint density at radius 3 is 2.16 bits per heavy atom. The van der Waals surface area contributed by atoms with E-state index in [9.17, 15) is 0 Å². The molecule has 1 atom stereocenters. The zero-order valence-electron chi connectivity index (χ0n) is 17.6. The van der Waals surface area contributed by atoms with Gasteiger partial charge in [-0.3, -0.25) is 0 Å². The van der Waals surface area contributed by atoms with Crippen molar-refractivity contribution in [1.29, 1.82) is 0 Å². The molecule has 2 fully saturated rings. The molecule has 0 radical (unpaired) electrons. The number of nitrogens with zero attached hydrogens (tertiary/aromatic N) is 1. The summed E-state index contributed by atoms with van der Waals surface area (Å²) in [5, 5.41) is 0. The van der Waals surface area contributed by atoms with E-state index in [4.69, 9.17) is 9.47 Å². The van der Waals surface area contributed by atoms with Crippen LogP contribution in [0, 0.1) is 11.3 Å². The Bertz CT molecular complexity index is 368. The second-order valence-electron chi connectivity index (χ2n) is 9.10. The van der Waals surface area contributed by atoms with Crippen molar-refractivity contribution in [3.63, 3.8) is 0 Å². The maximum atomic E-state index is 6.47. The minimum absolute atomic E-state index is 0.246. The van der Waals surface area contributed by atoms with Gasteiger partial charge in [-0.15, -0.1) is 0 Å². The molecular weight excluding hydrogens is 310 g/mol. The first-order chi connectivity index (χ1) is 11.9. The van der Waals surface area contributed by atoms with Crippen molar-refractivity contribution in [2.45, 2.75) is 104 Å². The summed E-state index contributed by atoms with van der Waals surface area (Å²) in [6, 6.07) is 0. The molecule has 1 aliphatic carbocycles. The molecule has 1 heterocycles. The zero-order valence-corrected chi connectivity index (χ0v) is 17.6. The third-order valence-corrected chi connectivity index (χ3v) is 6.51. The van der Waals surface area contributed by atoms with E-state index in [2.05, 4.69) is 39.5 Å². The van der Waals surface area contributed by atoms with Crippen LogP contribution in [-0.4, -0.2) is 43.0 Å². The van der Waals surface area contributed by atoms with Crippen LogP contribution in [0.3, 0.4) is 0 Å². The lowest BCUT2D eigenvalue weighted by atomic mass is 9.68. The van der Waals surface area contributed by atoms with Crippen LogP contribution in [0.5, 0.6) is 0 Å². The van der Waals surface area contributed by atoms with Crippen molar-refractivity contribution in [3.05, 3.63) is 0 Å². The molecule has 148 valence electrons. The van der Waals surface area contributed by atoms with Crippen molar-refractivity contribution < 1.29 is 9.47 Å². The predicted molar refractivity (Wildman–Crippen MR) is 106 cm³/mol. The third-order valence-electron chi connectivity index (χ3n) is 6.51. The van der Waals surface area contributed by atoms with Crippen molar-refractivity contribution in [1.82, 2.24) is 4.90 Å². The van der Waals surface area contributed by atoms with Gasteiger partial charge in [0.05, 0.1) is 12.7 Å². The van der Waals surface area contributed by atoms with E-state index in [1.165, 1.54) is 51.6 Å². The molecule has 2 rings (SSSR count). The fourth-order valence-electron chi connectivity index (χ4n) is 5.00. The van der Waals surface area contributed by atoms with E-state index >= 15 is 0 Å². The SMILES string of the molecule is CCCN(CCC)CCC1COC2(CCC(C(C)(C)CCC)CC2)O1. The Hall–Kier alpha value is -0.120. The normalized spacial score (nSPS) is 30.5. The fourth-order valence-corrected chi connectivity index (χ4v) is 5.00. The van der Waals surface area contributed by atoms with E-state index in [0.29, 0.717) is 11.5 Å². The first kappa shape index (κ1) is 21.2. The van der Waals surface area contributed by atoms with Gasteiger partial charge in [-0.1, -0.05) is 41.0 Å². The van der Waals surface area contributed by atoms with E-state index in [-0.39, 0.29) is 5.79 Å². The van der Waals surface area contributed by atoms with E-state index in [0.717, 1.165) is 38.3 Å². The van der Waals surface area contributed by atoms with Crippen LogP contribution >= 0.6 is 0 Å². The van der Waals surface area contributed by atoms with Crippen LogP contribution in [0.1, 0.15) is 92.4 Å². The van der Waals surface area contributed by atoms with Crippen LogP contribution in [0.15, 0.2) is 0 Å². The number of hydrogen-bond acceptors (Lipinski definition) is 3. The third kappa shape index (κ3) is 5.94. The minimum atomic E-state index is -0.246. The molecule has 0 N–H and O–H groups in total. The van der Waals surface area contributed by atoms with Gasteiger partial charge in [-0.05, 0) is 62.9 Å². The lowest BCUT2D eigenvalue weighted by Gasteiger charge is -2.42. The Kier molecular flexibility index (Phi) is 8.23. The molecule has 1 spiro atoms. The van der Waals surface area contributed by atoms with E-state index in [1.54, 1.807) is 0 Å². The van der Waals surface area contributed by atoms with Crippen molar-refractivity contribution in [3.8, 4) is 0 Å². The average molecular weight is 354 g/mol. The van der Waals surface area contributed by atoms with Crippen LogP contribution < -0.4 is 0 Å². The molecule has 3 heteroatoms. The molecule has 3 nitrogen and oxygen atoms in total. The van der Waals surface area contributed by atoms with E-state index < -0.39 is 0 Å². The molecule has 0 aromatic carbocycles. The molecule has 25 heavy (non-hydrogen) atoms. The summed E-state index contributed by atoms with van der Waals surface area (Å²) in [6.45, 7) is 16.1. The van der Waals surface area contributed by atoms with Gasteiger partial charge < -0.3 is 14.4 Å². The summed E-state index contributed by atoms with van der Waals surface area (Å²) < 4.78 is 12.7. The maximum absolute atomic E-state index is 6.47. The van der Waals surface area contributed by atoms with Crippen molar-refractivity contribution in [2.75, 3.05) is 26.2 Å². The zero-order chi connectivity index (χ0) is 18.3. The molecule has 1 unspecified atom stereocenters. The Labute approximate surface area is 156 Å². The highest BCUT2D eigenvalue weighted by Crippen LogP contribution is 2.47. The number of hydrogen-bond donors (Lipinski definition) is 0. The van der Waals surface area contributed by atoms with Crippen molar-refractivity contribution >= 4 is 0 Å². The van der Waals surface area contributed by atoms with Crippen LogP contribution in [0.2, 0.25) is 0 Å². The quantitative estimate of drug-likeness (QED) is 0.508. The smallest absolute Gasteiger partial charge is 0.168 e. The van der Waals surface area contributed by atoms with Gasteiger partial charge in [-0.25, -0.2) is 0 Å². The molecule has 1 saturated heterocycles. The average Bonchev–Trinajstić information content (AvgIpc) is 2.96. The molecule has 0 aromatic heterocycles. The minimum Gasteiger partial charge on any atom is -0.347 e. The summed E-state index contributed by atoms with van der Waals surface area (Å²) in [5.74, 6) is 0.581. The standard InChI is InChI=1S/C22H43NO2/c1-6-12-21(4,5)19-9-13-22(14-10-19)24-18-20(25-22)11-17-23(15-7-2)16-8-3/h19-20H,6-18H2,1-5H3. The first-order valence-electron chi connectivity index (χ1n) is 11.0. The lowest BCUT2D eigenvalue weighted by Crippen LogP contribution is -2.39. The van der Waals surface area contributed by atoms with Crippen LogP contribution in [-0.2, 0) is 9.47 Å². The summed E-state index contributed by atoms with van der Waals surface area (Å²) >= 11 is 0. The van der Waals surface area contributed by atoms with Crippen molar-refractivity contribution in [2.24, 2.45) is 11.3 Å². The molecule has 1 aliphatic heterocycles. The van der Waals surface area contributed by atoms with Gasteiger partial charge in [-0.2, -0.15) is 0 Å². The molecule has 1 saturated carbocycles. The largest absolute Gasteiger partial charge is 0.347 e. The second kappa shape index (κ2) is 9.71. The highest BCUT2D eigenvalue weighted by atomic mass is 16.7. The molecule has 0 bridgehead atoms. The molecular formula is C22H43NO2. The monoisotopic (exact) mass is 353 g/mol. The van der Waals surface area contributed by atoms with Gasteiger partial charge in [0.1, 0.15) is 0 Å². The molecule has 0 aromatic rings. The highest BCUT2D eigenvalue weighted by Gasteiger charge is 2.46. The topological polar surface area (TPSA) is 21.7 Å². The molecule has 0 amide bonds. The summed E-state index contributed by atoms with van der Waals surface area (Å²) in [5.41, 5.74) is 0.467. The van der Waals surface area contributed by atoms with Gasteiger partial charge >= 0.3 is 0 Å². The number of ether oxygens (including phenoxy) is 2. The number of rotatable bonds is 10. The first-order valence-corrected chi connectivity index (χ1v) is 11.0. The van der Waals surface area contributed by atoms with Crippen LogP contribution in [0.25, 0.3) is 0 Å². The van der Waals surface area contributed by atoms with Gasteiger partial charge in [0, 0.05) is 19.4 Å². The van der Waals surface area contributed by atoms with Crippen LogP contribution in [0.4, 0.5) is 0 Å². The molecule has 2 aliphatic rings. The predicted octanol–water partition coefficient (Wildman–Crippen LogP) is 5.63. The fraction of sp³-hybridized carbons (Fsp3) is 1.00. The summed E-state index contributed by atoms with van der Waals surface area (Å²) in [6.07, 6.45) is 11.2. The van der Waals surface area contributed by atoms with Gasteiger partial charge in [0.2, 0.25) is 0 Å². The maximum Gasteiger partial charge on any atom is 0.168 e. The summed E-state index contributed by atoms with van der Waals surface area (Å²) in [4.78, 5) is 2.58. The highest BCUT2D eigenvalue weighted by molar-refractivity contribution is 4.90.